The molecule has 1 aromatic heterocycles. The van der Waals surface area contributed by atoms with Crippen LogP contribution < -0.4 is 10.9 Å². The summed E-state index contributed by atoms with van der Waals surface area (Å²) in [5, 5.41) is 4.06. The van der Waals surface area contributed by atoms with Gasteiger partial charge in [0.1, 0.15) is 5.58 Å². The second-order valence-electron chi connectivity index (χ2n) is 3.29. The summed E-state index contributed by atoms with van der Waals surface area (Å²) >= 11 is 0. The molecule has 0 aliphatic heterocycles. The highest BCUT2D eigenvalue weighted by Gasteiger charge is 1.97. The van der Waals surface area contributed by atoms with Crippen molar-refractivity contribution in [2.45, 2.75) is 6.92 Å². The Balaban J connectivity index is 2.32. The average molecular weight is 213 g/mol. The van der Waals surface area contributed by atoms with Gasteiger partial charge in [-0.3, -0.25) is 0 Å². The Morgan fingerprint density at radius 1 is 1.31 bits per heavy atom. The van der Waals surface area contributed by atoms with Crippen LogP contribution >= 0.6 is 0 Å². The van der Waals surface area contributed by atoms with Crippen LogP contribution in [0.3, 0.4) is 0 Å². The largest absolute Gasteiger partial charge is 0.423 e. The molecule has 1 N–H and O–H groups in total. The molecule has 0 aliphatic rings. The molecule has 0 unspecified atom stereocenters. The molecule has 0 atom stereocenters. The van der Waals surface area contributed by atoms with Gasteiger partial charge < -0.3 is 9.73 Å². The fraction of sp³-hybridized carbons (Fsp3) is 0.154. The lowest BCUT2D eigenvalue weighted by Gasteiger charge is -2.03. The minimum absolute atomic E-state index is 0.329. The number of nitrogens with one attached hydrogen (secondary N) is 1. The van der Waals surface area contributed by atoms with Gasteiger partial charge in [-0.25, -0.2) is 4.79 Å². The van der Waals surface area contributed by atoms with Gasteiger partial charge in [-0.15, -0.1) is 5.92 Å². The Labute approximate surface area is 93.1 Å². The molecule has 2 rings (SSSR count). The summed E-state index contributed by atoms with van der Waals surface area (Å²) in [4.78, 5) is 11.0. The van der Waals surface area contributed by atoms with Crippen molar-refractivity contribution in [3.05, 3.63) is 40.8 Å². The first-order valence-corrected chi connectivity index (χ1v) is 4.97. The van der Waals surface area contributed by atoms with E-state index in [-0.39, 0.29) is 5.63 Å². The van der Waals surface area contributed by atoms with Gasteiger partial charge in [0, 0.05) is 17.1 Å². The van der Waals surface area contributed by atoms with Crippen molar-refractivity contribution in [2.75, 3.05) is 11.9 Å². The van der Waals surface area contributed by atoms with Crippen LogP contribution in [0.2, 0.25) is 0 Å². The molecule has 16 heavy (non-hydrogen) atoms. The van der Waals surface area contributed by atoms with Gasteiger partial charge in [-0.1, -0.05) is 5.92 Å². The number of benzene rings is 1. The van der Waals surface area contributed by atoms with Crippen molar-refractivity contribution in [3.8, 4) is 11.8 Å². The Morgan fingerprint density at radius 3 is 3.00 bits per heavy atom. The highest BCUT2D eigenvalue weighted by molar-refractivity contribution is 5.80. The first-order chi connectivity index (χ1) is 7.79. The van der Waals surface area contributed by atoms with Crippen LogP contribution in [0, 0.1) is 11.8 Å². The zero-order chi connectivity index (χ0) is 11.4. The fourth-order valence-corrected chi connectivity index (χ4v) is 1.42. The maximum absolute atomic E-state index is 11.0. The number of rotatable bonds is 2. The van der Waals surface area contributed by atoms with Gasteiger partial charge in [-0.05, 0) is 31.2 Å². The SMILES string of the molecule is CC#CCNc1ccc2oc(=O)ccc2c1. The van der Waals surface area contributed by atoms with Gasteiger partial charge in [-0.2, -0.15) is 0 Å². The molecule has 0 radical (unpaired) electrons. The summed E-state index contributed by atoms with van der Waals surface area (Å²) in [5.74, 6) is 5.73. The van der Waals surface area contributed by atoms with E-state index in [1.807, 2.05) is 12.1 Å². The van der Waals surface area contributed by atoms with Crippen LogP contribution in [-0.4, -0.2) is 6.54 Å². The van der Waals surface area contributed by atoms with Gasteiger partial charge in [0.25, 0.3) is 0 Å². The van der Waals surface area contributed by atoms with E-state index in [2.05, 4.69) is 17.2 Å². The number of anilines is 1. The summed E-state index contributed by atoms with van der Waals surface area (Å²) in [6.45, 7) is 2.41. The summed E-state index contributed by atoms with van der Waals surface area (Å²) in [6.07, 6.45) is 0. The van der Waals surface area contributed by atoms with E-state index in [0.717, 1.165) is 11.1 Å². The van der Waals surface area contributed by atoms with Gasteiger partial charge in [0.05, 0.1) is 6.54 Å². The monoisotopic (exact) mass is 213 g/mol. The quantitative estimate of drug-likeness (QED) is 0.614. The number of hydrogen-bond donors (Lipinski definition) is 1. The summed E-state index contributed by atoms with van der Waals surface area (Å²) in [5.41, 5.74) is 1.23. The zero-order valence-electron chi connectivity index (χ0n) is 8.91. The third kappa shape index (κ3) is 2.23. The standard InChI is InChI=1S/C13H11NO2/c1-2-3-8-14-11-5-6-12-10(9-11)4-7-13(15)16-12/h4-7,9,14H,8H2,1H3. The third-order valence-electron chi connectivity index (χ3n) is 2.18. The van der Waals surface area contributed by atoms with Crippen molar-refractivity contribution in [2.24, 2.45) is 0 Å². The molecule has 0 saturated carbocycles. The van der Waals surface area contributed by atoms with Crippen LogP contribution in [-0.2, 0) is 0 Å². The van der Waals surface area contributed by atoms with Crippen molar-refractivity contribution < 1.29 is 4.42 Å². The third-order valence-corrected chi connectivity index (χ3v) is 2.18. The van der Waals surface area contributed by atoms with E-state index in [1.54, 1.807) is 19.1 Å². The maximum Gasteiger partial charge on any atom is 0.336 e. The average Bonchev–Trinajstić information content (AvgIpc) is 2.29. The van der Waals surface area contributed by atoms with Gasteiger partial charge in [0.2, 0.25) is 0 Å². The molecular weight excluding hydrogens is 202 g/mol. The topological polar surface area (TPSA) is 42.2 Å². The maximum atomic E-state index is 11.0. The van der Waals surface area contributed by atoms with E-state index in [1.165, 1.54) is 6.07 Å². The minimum atomic E-state index is -0.329. The molecule has 1 heterocycles. The highest BCUT2D eigenvalue weighted by atomic mass is 16.4. The van der Waals surface area contributed by atoms with Crippen LogP contribution in [0.1, 0.15) is 6.92 Å². The molecule has 0 saturated heterocycles. The molecule has 0 bridgehead atoms. The van der Waals surface area contributed by atoms with Crippen LogP contribution in [0.5, 0.6) is 0 Å². The second-order valence-corrected chi connectivity index (χ2v) is 3.29. The predicted molar refractivity (Wildman–Crippen MR) is 64.4 cm³/mol. The Morgan fingerprint density at radius 2 is 2.19 bits per heavy atom. The Kier molecular flexibility index (Phi) is 2.93. The molecular formula is C13H11NO2. The predicted octanol–water partition coefficient (Wildman–Crippen LogP) is 2.23. The van der Waals surface area contributed by atoms with Crippen LogP contribution in [0.25, 0.3) is 11.0 Å². The zero-order valence-corrected chi connectivity index (χ0v) is 8.91. The minimum Gasteiger partial charge on any atom is -0.423 e. The Bertz CT molecular complexity index is 617. The first kappa shape index (κ1) is 10.3. The van der Waals surface area contributed by atoms with E-state index in [4.69, 9.17) is 4.42 Å². The van der Waals surface area contributed by atoms with Crippen LogP contribution in [0.4, 0.5) is 5.69 Å². The molecule has 3 heteroatoms. The lowest BCUT2D eigenvalue weighted by atomic mass is 10.2. The molecule has 0 spiro atoms. The molecule has 0 amide bonds. The smallest absolute Gasteiger partial charge is 0.336 e. The summed E-state index contributed by atoms with van der Waals surface area (Å²) in [6, 6.07) is 8.73. The van der Waals surface area contributed by atoms with Crippen LogP contribution in [0.15, 0.2) is 39.5 Å². The highest BCUT2D eigenvalue weighted by Crippen LogP contribution is 2.17. The van der Waals surface area contributed by atoms with Crippen molar-refractivity contribution >= 4 is 16.7 Å². The van der Waals surface area contributed by atoms with Gasteiger partial charge in [0.15, 0.2) is 0 Å². The summed E-state index contributed by atoms with van der Waals surface area (Å²) in [7, 11) is 0. The lowest BCUT2D eigenvalue weighted by Crippen LogP contribution is -1.99. The molecule has 3 nitrogen and oxygen atoms in total. The Hall–Kier alpha value is -2.21. The van der Waals surface area contributed by atoms with E-state index in [9.17, 15) is 4.79 Å². The normalized spacial score (nSPS) is 9.56. The van der Waals surface area contributed by atoms with Crippen molar-refractivity contribution in [1.29, 1.82) is 0 Å². The molecule has 2 aromatic rings. The number of hydrogen-bond acceptors (Lipinski definition) is 3. The van der Waals surface area contributed by atoms with Crippen molar-refractivity contribution in [3.63, 3.8) is 0 Å². The van der Waals surface area contributed by atoms with Crippen molar-refractivity contribution in [1.82, 2.24) is 0 Å². The van der Waals surface area contributed by atoms with E-state index in [0.29, 0.717) is 12.1 Å². The molecule has 80 valence electrons. The number of fused-ring (bicyclic) bond motifs is 1. The lowest BCUT2D eigenvalue weighted by molar-refractivity contribution is 0.561. The second kappa shape index (κ2) is 4.54. The molecule has 1 aromatic carbocycles. The van der Waals surface area contributed by atoms with Gasteiger partial charge >= 0.3 is 5.63 Å². The molecule has 0 fully saturated rings. The van der Waals surface area contributed by atoms with E-state index >= 15 is 0 Å². The molecule has 0 aliphatic carbocycles. The summed E-state index contributed by atoms with van der Waals surface area (Å²) < 4.78 is 5.03. The first-order valence-electron chi connectivity index (χ1n) is 4.97. The fourth-order valence-electron chi connectivity index (χ4n) is 1.42. The van der Waals surface area contributed by atoms with E-state index < -0.39 is 0 Å².